The lowest BCUT2D eigenvalue weighted by Crippen LogP contribution is -2.33. The minimum atomic E-state index is -1.37. The summed E-state index contributed by atoms with van der Waals surface area (Å²) in [6.07, 6.45) is -2.60. The second-order valence-corrected chi connectivity index (χ2v) is 4.97. The molecule has 1 aliphatic heterocycles. The first-order valence-electron chi connectivity index (χ1n) is 6.29. The summed E-state index contributed by atoms with van der Waals surface area (Å²) >= 11 is 0. The molecule has 1 fully saturated rings. The molecule has 1 aliphatic rings. The number of ether oxygens (including phenoxy) is 1. The van der Waals surface area contributed by atoms with Gasteiger partial charge in [-0.1, -0.05) is 0 Å². The van der Waals surface area contributed by atoms with Gasteiger partial charge in [-0.15, -0.1) is 0 Å². The smallest absolute Gasteiger partial charge is 0.265 e. The van der Waals surface area contributed by atoms with Crippen molar-refractivity contribution in [2.24, 2.45) is 7.05 Å². The van der Waals surface area contributed by atoms with Crippen LogP contribution < -0.4 is 5.56 Å². The first-order chi connectivity index (χ1) is 9.95. The van der Waals surface area contributed by atoms with E-state index >= 15 is 0 Å². The van der Waals surface area contributed by atoms with Gasteiger partial charge in [-0.25, -0.2) is 9.37 Å². The van der Waals surface area contributed by atoms with Crippen LogP contribution >= 0.6 is 0 Å². The average molecular weight is 299 g/mol. The van der Waals surface area contributed by atoms with E-state index in [9.17, 15) is 19.4 Å². The van der Waals surface area contributed by atoms with Crippen LogP contribution in [0.4, 0.5) is 4.39 Å². The van der Waals surface area contributed by atoms with Gasteiger partial charge in [0.1, 0.15) is 23.7 Å². The molecule has 0 saturated carbocycles. The molecule has 9 heteroatoms. The Labute approximate surface area is 117 Å². The Morgan fingerprint density at radius 1 is 1.43 bits per heavy atom. The number of aliphatic hydroxyl groups is 3. The van der Waals surface area contributed by atoms with Crippen LogP contribution in [0.2, 0.25) is 0 Å². The average Bonchev–Trinajstić information content (AvgIpc) is 2.94. The van der Waals surface area contributed by atoms with E-state index in [-0.39, 0.29) is 11.0 Å². The van der Waals surface area contributed by atoms with E-state index < -0.39 is 42.5 Å². The monoisotopic (exact) mass is 299 g/mol. The van der Waals surface area contributed by atoms with Gasteiger partial charge in [0.25, 0.3) is 5.56 Å². The fourth-order valence-electron chi connectivity index (χ4n) is 2.49. The Kier molecular flexibility index (Phi) is 3.29. The number of hydrogen-bond acceptors (Lipinski definition) is 6. The third kappa shape index (κ3) is 1.97. The molecule has 0 bridgehead atoms. The lowest BCUT2D eigenvalue weighted by molar-refractivity contribution is -0.0510. The number of aromatic nitrogens is 3. The number of nitrogens with zero attached hydrogens (tertiary/aromatic N) is 3. The van der Waals surface area contributed by atoms with Gasteiger partial charge in [-0.05, 0) is 0 Å². The Morgan fingerprint density at radius 2 is 2.14 bits per heavy atom. The van der Waals surface area contributed by atoms with Crippen molar-refractivity contribution in [1.29, 1.82) is 0 Å². The van der Waals surface area contributed by atoms with Crippen molar-refractivity contribution >= 4 is 11.0 Å². The highest BCUT2D eigenvalue weighted by atomic mass is 19.1. The highest BCUT2D eigenvalue weighted by Crippen LogP contribution is 2.32. The van der Waals surface area contributed by atoms with E-state index in [0.717, 1.165) is 15.3 Å². The van der Waals surface area contributed by atoms with Crippen molar-refractivity contribution in [3.05, 3.63) is 28.7 Å². The lowest BCUT2D eigenvalue weighted by atomic mass is 10.1. The summed E-state index contributed by atoms with van der Waals surface area (Å²) in [6, 6.07) is 0. The molecule has 0 radical (unpaired) electrons. The summed E-state index contributed by atoms with van der Waals surface area (Å²) < 4.78 is 21.6. The van der Waals surface area contributed by atoms with Gasteiger partial charge in [0.2, 0.25) is 0 Å². The normalized spacial score (nSPS) is 29.4. The topological polar surface area (TPSA) is 110 Å². The molecular weight excluding hydrogens is 285 g/mol. The molecule has 0 amide bonds. The van der Waals surface area contributed by atoms with Crippen molar-refractivity contribution in [2.75, 3.05) is 6.61 Å². The van der Waals surface area contributed by atoms with Gasteiger partial charge in [0, 0.05) is 13.2 Å². The molecule has 0 aliphatic carbocycles. The number of fused-ring (bicyclic) bond motifs is 1. The molecule has 8 nitrogen and oxygen atoms in total. The Hall–Kier alpha value is -1.81. The third-order valence-corrected chi connectivity index (χ3v) is 3.64. The van der Waals surface area contributed by atoms with Crippen LogP contribution in [0.15, 0.2) is 17.3 Å². The van der Waals surface area contributed by atoms with Crippen LogP contribution in [0.5, 0.6) is 0 Å². The molecule has 2 aromatic heterocycles. The molecule has 21 heavy (non-hydrogen) atoms. The van der Waals surface area contributed by atoms with Gasteiger partial charge in [0.15, 0.2) is 17.7 Å². The predicted molar refractivity (Wildman–Crippen MR) is 67.9 cm³/mol. The zero-order chi connectivity index (χ0) is 15.3. The summed E-state index contributed by atoms with van der Waals surface area (Å²) in [5, 5.41) is 28.5. The molecule has 2 aromatic rings. The standard InChI is InChI=1S/C12H14FN3O5/c1-15-4-14-10-7(11(15)20)5(13)2-16(10)12-9(19)8(18)6(3-17)21-12/h2,4,6,8-9,12,17-19H,3H2,1H3. The van der Waals surface area contributed by atoms with Crippen molar-refractivity contribution < 1.29 is 24.4 Å². The van der Waals surface area contributed by atoms with Gasteiger partial charge >= 0.3 is 0 Å². The molecule has 3 rings (SSSR count). The first kappa shape index (κ1) is 14.1. The number of halogens is 1. The number of aliphatic hydroxyl groups excluding tert-OH is 3. The number of aryl methyl sites for hydroxylation is 1. The SMILES string of the molecule is Cn1cnc2c(c(F)cn2C2OC(CO)C(O)C2O)c1=O. The maximum atomic E-state index is 14.0. The number of hydrogen-bond donors (Lipinski definition) is 3. The zero-order valence-corrected chi connectivity index (χ0v) is 11.0. The minimum absolute atomic E-state index is 0.00504. The quantitative estimate of drug-likeness (QED) is 0.622. The van der Waals surface area contributed by atoms with Crippen molar-refractivity contribution in [3.63, 3.8) is 0 Å². The second-order valence-electron chi connectivity index (χ2n) is 4.97. The molecule has 114 valence electrons. The van der Waals surface area contributed by atoms with E-state index in [0.29, 0.717) is 0 Å². The zero-order valence-electron chi connectivity index (χ0n) is 11.0. The fraction of sp³-hybridized carbons (Fsp3) is 0.500. The largest absolute Gasteiger partial charge is 0.394 e. The van der Waals surface area contributed by atoms with Gasteiger partial charge in [0.05, 0.1) is 12.9 Å². The third-order valence-electron chi connectivity index (χ3n) is 3.64. The maximum absolute atomic E-state index is 14.0. The summed E-state index contributed by atoms with van der Waals surface area (Å²) in [5.41, 5.74) is -0.562. The Balaban J connectivity index is 2.14. The van der Waals surface area contributed by atoms with Crippen molar-refractivity contribution in [2.45, 2.75) is 24.5 Å². The van der Waals surface area contributed by atoms with Crippen LogP contribution in [-0.4, -0.2) is 54.4 Å². The molecule has 4 unspecified atom stereocenters. The van der Waals surface area contributed by atoms with Gasteiger partial charge in [-0.2, -0.15) is 0 Å². The summed E-state index contributed by atoms with van der Waals surface area (Å²) in [6.45, 7) is -0.494. The Bertz CT molecular complexity index is 742. The van der Waals surface area contributed by atoms with Crippen molar-refractivity contribution in [3.8, 4) is 0 Å². The molecule has 3 N–H and O–H groups in total. The van der Waals surface area contributed by atoms with Crippen LogP contribution in [0.3, 0.4) is 0 Å². The Morgan fingerprint density at radius 3 is 2.76 bits per heavy atom. The second kappa shape index (κ2) is 4.88. The lowest BCUT2D eigenvalue weighted by Gasteiger charge is -2.17. The van der Waals surface area contributed by atoms with Crippen molar-refractivity contribution in [1.82, 2.24) is 14.1 Å². The predicted octanol–water partition coefficient (Wildman–Crippen LogP) is -1.51. The summed E-state index contributed by atoms with van der Waals surface area (Å²) in [4.78, 5) is 15.9. The maximum Gasteiger partial charge on any atom is 0.265 e. The van der Waals surface area contributed by atoms with Gasteiger partial charge in [-0.3, -0.25) is 4.79 Å². The van der Waals surface area contributed by atoms with E-state index in [1.807, 2.05) is 0 Å². The fourth-order valence-corrected chi connectivity index (χ4v) is 2.49. The van der Waals surface area contributed by atoms with E-state index in [1.165, 1.54) is 13.4 Å². The molecule has 3 heterocycles. The van der Waals surface area contributed by atoms with Gasteiger partial charge < -0.3 is 29.2 Å². The number of rotatable bonds is 2. The van der Waals surface area contributed by atoms with E-state index in [4.69, 9.17) is 9.84 Å². The molecule has 0 spiro atoms. The van der Waals surface area contributed by atoms with E-state index in [1.54, 1.807) is 0 Å². The van der Waals surface area contributed by atoms with Crippen LogP contribution in [0.1, 0.15) is 6.23 Å². The van der Waals surface area contributed by atoms with Crippen LogP contribution in [-0.2, 0) is 11.8 Å². The first-order valence-corrected chi connectivity index (χ1v) is 6.29. The summed E-state index contributed by atoms with van der Waals surface area (Å²) in [7, 11) is 1.44. The molecular formula is C12H14FN3O5. The summed E-state index contributed by atoms with van der Waals surface area (Å²) in [5.74, 6) is -0.795. The highest BCUT2D eigenvalue weighted by Gasteiger charge is 2.44. The molecule has 0 aromatic carbocycles. The molecule has 4 atom stereocenters. The minimum Gasteiger partial charge on any atom is -0.394 e. The highest BCUT2D eigenvalue weighted by molar-refractivity contribution is 5.75. The van der Waals surface area contributed by atoms with Crippen LogP contribution in [0, 0.1) is 5.82 Å². The van der Waals surface area contributed by atoms with E-state index in [2.05, 4.69) is 4.98 Å². The molecule has 1 saturated heterocycles. The van der Waals surface area contributed by atoms with Crippen LogP contribution in [0.25, 0.3) is 11.0 Å².